The molecule has 0 aliphatic carbocycles. The summed E-state index contributed by atoms with van der Waals surface area (Å²) < 4.78 is 0. The van der Waals surface area contributed by atoms with Gasteiger partial charge in [-0.25, -0.2) is 0 Å². The largest absolute Gasteiger partial charge is 0.350 e. The SMILES string of the molecule is CC[C@@H](N)C(=O)NCc1cc(C)c(C)s1. The number of aryl methyl sites for hydroxylation is 2. The Balaban J connectivity index is 2.47. The van der Waals surface area contributed by atoms with Gasteiger partial charge in [0.2, 0.25) is 5.91 Å². The van der Waals surface area contributed by atoms with Crippen LogP contribution in [-0.2, 0) is 11.3 Å². The Bertz CT molecular complexity index is 327. The number of amides is 1. The van der Waals surface area contributed by atoms with E-state index >= 15 is 0 Å². The summed E-state index contributed by atoms with van der Waals surface area (Å²) in [5.74, 6) is -0.0683. The van der Waals surface area contributed by atoms with E-state index in [2.05, 4.69) is 25.2 Å². The second-order valence-electron chi connectivity index (χ2n) is 3.68. The average molecular weight is 226 g/mol. The number of nitrogens with two attached hydrogens (primary N) is 1. The van der Waals surface area contributed by atoms with Gasteiger partial charge >= 0.3 is 0 Å². The molecule has 1 atom stereocenters. The summed E-state index contributed by atoms with van der Waals surface area (Å²) in [6.45, 7) is 6.66. The number of carbonyl (C=O) groups is 1. The number of nitrogens with one attached hydrogen (secondary N) is 1. The molecule has 1 aromatic rings. The third kappa shape index (κ3) is 3.32. The van der Waals surface area contributed by atoms with E-state index in [1.807, 2.05) is 6.92 Å². The molecule has 84 valence electrons. The summed E-state index contributed by atoms with van der Waals surface area (Å²) in [6.07, 6.45) is 0.675. The molecule has 1 rings (SSSR count). The molecule has 0 aliphatic heterocycles. The van der Waals surface area contributed by atoms with Crippen molar-refractivity contribution in [3.63, 3.8) is 0 Å². The van der Waals surface area contributed by atoms with E-state index < -0.39 is 0 Å². The van der Waals surface area contributed by atoms with Crippen molar-refractivity contribution in [3.05, 3.63) is 21.4 Å². The maximum Gasteiger partial charge on any atom is 0.237 e. The highest BCUT2D eigenvalue weighted by atomic mass is 32.1. The van der Waals surface area contributed by atoms with E-state index in [1.54, 1.807) is 11.3 Å². The lowest BCUT2D eigenvalue weighted by Gasteiger charge is -2.08. The van der Waals surface area contributed by atoms with Crippen molar-refractivity contribution < 1.29 is 4.79 Å². The first-order valence-corrected chi connectivity index (χ1v) is 5.95. The third-order valence-corrected chi connectivity index (χ3v) is 3.58. The lowest BCUT2D eigenvalue weighted by atomic mass is 10.2. The molecule has 1 heterocycles. The van der Waals surface area contributed by atoms with Gasteiger partial charge in [-0.05, 0) is 31.9 Å². The Labute approximate surface area is 94.7 Å². The number of rotatable bonds is 4. The Hall–Kier alpha value is -0.870. The summed E-state index contributed by atoms with van der Waals surface area (Å²) in [5, 5.41) is 2.84. The Morgan fingerprint density at radius 1 is 1.60 bits per heavy atom. The Morgan fingerprint density at radius 3 is 2.73 bits per heavy atom. The monoisotopic (exact) mass is 226 g/mol. The van der Waals surface area contributed by atoms with E-state index in [-0.39, 0.29) is 11.9 Å². The van der Waals surface area contributed by atoms with Gasteiger partial charge in [-0.15, -0.1) is 11.3 Å². The Morgan fingerprint density at radius 2 is 2.27 bits per heavy atom. The fraction of sp³-hybridized carbons (Fsp3) is 0.545. The molecule has 0 saturated heterocycles. The average Bonchev–Trinajstić information content (AvgIpc) is 2.54. The summed E-state index contributed by atoms with van der Waals surface area (Å²) in [4.78, 5) is 13.9. The highest BCUT2D eigenvalue weighted by Gasteiger charge is 2.10. The van der Waals surface area contributed by atoms with Crippen molar-refractivity contribution in [1.82, 2.24) is 5.32 Å². The molecule has 15 heavy (non-hydrogen) atoms. The maximum absolute atomic E-state index is 11.4. The molecular weight excluding hydrogens is 208 g/mol. The molecule has 1 amide bonds. The molecule has 0 spiro atoms. The van der Waals surface area contributed by atoms with E-state index in [9.17, 15) is 4.79 Å². The highest BCUT2D eigenvalue weighted by Crippen LogP contribution is 2.20. The van der Waals surface area contributed by atoms with Gasteiger partial charge in [0.1, 0.15) is 0 Å². The number of hydrogen-bond donors (Lipinski definition) is 2. The van der Waals surface area contributed by atoms with Crippen LogP contribution in [0.15, 0.2) is 6.07 Å². The van der Waals surface area contributed by atoms with Crippen molar-refractivity contribution in [2.45, 2.75) is 39.8 Å². The van der Waals surface area contributed by atoms with Crippen LogP contribution < -0.4 is 11.1 Å². The zero-order valence-corrected chi connectivity index (χ0v) is 10.3. The quantitative estimate of drug-likeness (QED) is 0.821. The second kappa shape index (κ2) is 5.28. The van der Waals surface area contributed by atoms with Gasteiger partial charge in [0.15, 0.2) is 0 Å². The zero-order valence-electron chi connectivity index (χ0n) is 9.46. The first-order valence-electron chi connectivity index (χ1n) is 5.13. The molecule has 3 nitrogen and oxygen atoms in total. The molecule has 0 bridgehead atoms. The topological polar surface area (TPSA) is 55.1 Å². The molecule has 3 N–H and O–H groups in total. The van der Waals surface area contributed by atoms with Gasteiger partial charge in [0, 0.05) is 9.75 Å². The van der Waals surface area contributed by atoms with Gasteiger partial charge in [-0.1, -0.05) is 6.92 Å². The minimum Gasteiger partial charge on any atom is -0.350 e. The maximum atomic E-state index is 11.4. The van der Waals surface area contributed by atoms with Crippen molar-refractivity contribution in [3.8, 4) is 0 Å². The van der Waals surface area contributed by atoms with E-state index in [1.165, 1.54) is 15.3 Å². The fourth-order valence-corrected chi connectivity index (χ4v) is 2.22. The van der Waals surface area contributed by atoms with Crippen LogP contribution in [0.1, 0.15) is 28.7 Å². The molecular formula is C11H18N2OS. The third-order valence-electron chi connectivity index (χ3n) is 2.43. The minimum absolute atomic E-state index is 0.0683. The lowest BCUT2D eigenvalue weighted by Crippen LogP contribution is -2.39. The molecule has 0 radical (unpaired) electrons. The van der Waals surface area contributed by atoms with Gasteiger partial charge in [0.05, 0.1) is 12.6 Å². The molecule has 1 aromatic heterocycles. The van der Waals surface area contributed by atoms with Crippen LogP contribution in [0, 0.1) is 13.8 Å². The first kappa shape index (κ1) is 12.2. The van der Waals surface area contributed by atoms with Gasteiger partial charge in [0.25, 0.3) is 0 Å². The standard InChI is InChI=1S/C11H18N2OS/c1-4-10(12)11(14)13-6-9-5-7(2)8(3)15-9/h5,10H,4,6,12H2,1-3H3,(H,13,14)/t10-/m1/s1. The van der Waals surface area contributed by atoms with Crippen LogP contribution in [0.2, 0.25) is 0 Å². The molecule has 0 fully saturated rings. The number of thiophene rings is 1. The van der Waals surface area contributed by atoms with E-state index in [0.717, 1.165) is 0 Å². The van der Waals surface area contributed by atoms with Crippen molar-refractivity contribution in [2.75, 3.05) is 0 Å². The first-order chi connectivity index (χ1) is 7.04. The summed E-state index contributed by atoms with van der Waals surface area (Å²) in [5.41, 5.74) is 6.89. The van der Waals surface area contributed by atoms with Gasteiger partial charge < -0.3 is 11.1 Å². The summed E-state index contributed by atoms with van der Waals surface area (Å²) in [6, 6.07) is 1.73. The minimum atomic E-state index is -0.382. The molecule has 0 unspecified atom stereocenters. The van der Waals surface area contributed by atoms with Crippen LogP contribution in [0.25, 0.3) is 0 Å². The van der Waals surface area contributed by atoms with Crippen LogP contribution in [-0.4, -0.2) is 11.9 Å². The predicted molar refractivity (Wildman–Crippen MR) is 63.9 cm³/mol. The molecule has 0 aliphatic rings. The van der Waals surface area contributed by atoms with Crippen LogP contribution in [0.4, 0.5) is 0 Å². The normalized spacial score (nSPS) is 12.5. The number of hydrogen-bond acceptors (Lipinski definition) is 3. The van der Waals surface area contributed by atoms with Crippen LogP contribution in [0.5, 0.6) is 0 Å². The van der Waals surface area contributed by atoms with Crippen molar-refractivity contribution in [1.29, 1.82) is 0 Å². The summed E-state index contributed by atoms with van der Waals surface area (Å²) >= 11 is 1.72. The number of carbonyl (C=O) groups excluding carboxylic acids is 1. The van der Waals surface area contributed by atoms with Crippen LogP contribution in [0.3, 0.4) is 0 Å². The lowest BCUT2D eigenvalue weighted by molar-refractivity contribution is -0.122. The summed E-state index contributed by atoms with van der Waals surface area (Å²) in [7, 11) is 0. The molecule has 4 heteroatoms. The second-order valence-corrected chi connectivity index (χ2v) is 5.03. The van der Waals surface area contributed by atoms with Gasteiger partial charge in [-0.3, -0.25) is 4.79 Å². The predicted octanol–water partition coefficient (Wildman–Crippen LogP) is 1.72. The van der Waals surface area contributed by atoms with Crippen LogP contribution >= 0.6 is 11.3 Å². The Kier molecular flexibility index (Phi) is 4.29. The highest BCUT2D eigenvalue weighted by molar-refractivity contribution is 7.12. The molecule has 0 aromatic carbocycles. The van der Waals surface area contributed by atoms with Crippen molar-refractivity contribution in [2.24, 2.45) is 5.73 Å². The zero-order chi connectivity index (χ0) is 11.4. The van der Waals surface area contributed by atoms with Crippen molar-refractivity contribution >= 4 is 17.2 Å². The fourth-order valence-electron chi connectivity index (χ4n) is 1.23. The van der Waals surface area contributed by atoms with E-state index in [0.29, 0.717) is 13.0 Å². The van der Waals surface area contributed by atoms with E-state index in [4.69, 9.17) is 5.73 Å². The molecule has 0 saturated carbocycles. The smallest absolute Gasteiger partial charge is 0.237 e. The van der Waals surface area contributed by atoms with Gasteiger partial charge in [-0.2, -0.15) is 0 Å².